The molecule has 0 amide bonds. The van der Waals surface area contributed by atoms with Gasteiger partial charge in [-0.2, -0.15) is 0 Å². The molecule has 1 unspecified atom stereocenters. The molecule has 0 radical (unpaired) electrons. The minimum Gasteiger partial charge on any atom is -0.305 e. The van der Waals surface area contributed by atoms with E-state index in [9.17, 15) is 0 Å². The van der Waals surface area contributed by atoms with Crippen LogP contribution in [0.15, 0.2) is 0 Å². The summed E-state index contributed by atoms with van der Waals surface area (Å²) in [6.45, 7) is 10.0. The lowest BCUT2D eigenvalue weighted by Crippen LogP contribution is -2.30. The van der Waals surface area contributed by atoms with Crippen molar-refractivity contribution in [1.29, 1.82) is 0 Å². The number of rotatable bonds is 0. The third-order valence-electron chi connectivity index (χ3n) is 2.52. The molecule has 2 heteroatoms. The van der Waals surface area contributed by atoms with Gasteiger partial charge in [-0.25, -0.2) is 0 Å². The lowest BCUT2D eigenvalue weighted by Gasteiger charge is -2.20. The molecule has 1 atom stereocenters. The first kappa shape index (κ1) is 11.9. The third-order valence-corrected chi connectivity index (χ3v) is 2.52. The fourth-order valence-corrected chi connectivity index (χ4v) is 1.29. The van der Waals surface area contributed by atoms with Crippen LogP contribution in [-0.4, -0.2) is 49.6 Å². The summed E-state index contributed by atoms with van der Waals surface area (Å²) in [6.07, 6.45) is 1.31. The maximum absolute atomic E-state index is 2.43. The largest absolute Gasteiger partial charge is 0.305 e. The average molecular weight is 172 g/mol. The van der Waals surface area contributed by atoms with Crippen molar-refractivity contribution in [1.82, 2.24) is 9.80 Å². The summed E-state index contributed by atoms with van der Waals surface area (Å²) in [6, 6.07) is 0.768. The molecule has 0 saturated carbocycles. The highest BCUT2D eigenvalue weighted by Crippen LogP contribution is 2.05. The van der Waals surface area contributed by atoms with Crippen LogP contribution in [0.1, 0.15) is 27.2 Å². The van der Waals surface area contributed by atoms with Gasteiger partial charge in [0.25, 0.3) is 0 Å². The Labute approximate surface area is 77.5 Å². The van der Waals surface area contributed by atoms with Crippen molar-refractivity contribution < 1.29 is 0 Å². The third kappa shape index (κ3) is 4.07. The molecule has 1 aliphatic rings. The molecule has 1 fully saturated rings. The highest BCUT2D eigenvalue weighted by molar-refractivity contribution is 4.70. The van der Waals surface area contributed by atoms with Gasteiger partial charge in [-0.15, -0.1) is 0 Å². The molecule has 1 rings (SSSR count). The van der Waals surface area contributed by atoms with Crippen molar-refractivity contribution in [2.24, 2.45) is 0 Å². The van der Waals surface area contributed by atoms with Gasteiger partial charge in [-0.3, -0.25) is 0 Å². The van der Waals surface area contributed by atoms with Gasteiger partial charge < -0.3 is 9.80 Å². The maximum Gasteiger partial charge on any atom is 0.0109 e. The molecule has 1 aliphatic heterocycles. The molecule has 2 nitrogen and oxygen atoms in total. The maximum atomic E-state index is 2.43. The second kappa shape index (κ2) is 6.44. The Hall–Kier alpha value is -0.0800. The molecule has 74 valence electrons. The molecule has 1 saturated heterocycles. The van der Waals surface area contributed by atoms with Crippen molar-refractivity contribution in [3.05, 3.63) is 0 Å². The van der Waals surface area contributed by atoms with Crippen molar-refractivity contribution >= 4 is 0 Å². The minimum absolute atomic E-state index is 0.768. The molecule has 0 aromatic rings. The van der Waals surface area contributed by atoms with E-state index in [0.29, 0.717) is 0 Å². The highest BCUT2D eigenvalue weighted by atomic mass is 15.2. The molecule has 0 spiro atoms. The fraction of sp³-hybridized carbons (Fsp3) is 1.00. The van der Waals surface area contributed by atoms with E-state index in [1.165, 1.54) is 26.1 Å². The van der Waals surface area contributed by atoms with Gasteiger partial charge in [0.1, 0.15) is 0 Å². The van der Waals surface area contributed by atoms with Gasteiger partial charge in [-0.05, 0) is 34.0 Å². The Bertz CT molecular complexity index is 92.0. The SMILES string of the molecule is CC.CC1CCN(C)CCN1C. The van der Waals surface area contributed by atoms with Gasteiger partial charge in [0.05, 0.1) is 0 Å². The van der Waals surface area contributed by atoms with Crippen LogP contribution < -0.4 is 0 Å². The van der Waals surface area contributed by atoms with Crippen molar-refractivity contribution in [2.45, 2.75) is 33.2 Å². The summed E-state index contributed by atoms with van der Waals surface area (Å²) in [4.78, 5) is 4.84. The van der Waals surface area contributed by atoms with Gasteiger partial charge in [-0.1, -0.05) is 13.8 Å². The molecular formula is C10H24N2. The summed E-state index contributed by atoms with van der Waals surface area (Å²) in [5.41, 5.74) is 0. The standard InChI is InChI=1S/C8H18N2.C2H6/c1-8-4-5-9(2)6-7-10(8)3;1-2/h8H,4-7H2,1-3H3;1-2H3. The highest BCUT2D eigenvalue weighted by Gasteiger charge is 2.14. The molecule has 1 heterocycles. The summed E-state index contributed by atoms with van der Waals surface area (Å²) >= 11 is 0. The van der Waals surface area contributed by atoms with E-state index < -0.39 is 0 Å². The van der Waals surface area contributed by atoms with E-state index in [-0.39, 0.29) is 0 Å². The number of hydrogen-bond acceptors (Lipinski definition) is 2. The zero-order valence-corrected chi connectivity index (χ0v) is 9.30. The van der Waals surface area contributed by atoms with Crippen LogP contribution in [-0.2, 0) is 0 Å². The predicted molar refractivity (Wildman–Crippen MR) is 55.6 cm³/mol. The summed E-state index contributed by atoms with van der Waals surface area (Å²) in [5, 5.41) is 0. The second-order valence-electron chi connectivity index (χ2n) is 3.42. The molecule has 0 N–H and O–H groups in total. The van der Waals surface area contributed by atoms with Crippen LogP contribution in [0.4, 0.5) is 0 Å². The van der Waals surface area contributed by atoms with E-state index in [0.717, 1.165) is 6.04 Å². The number of nitrogens with zero attached hydrogens (tertiary/aromatic N) is 2. The van der Waals surface area contributed by atoms with E-state index >= 15 is 0 Å². The first-order valence-corrected chi connectivity index (χ1v) is 5.09. The second-order valence-corrected chi connectivity index (χ2v) is 3.42. The first-order valence-electron chi connectivity index (χ1n) is 5.09. The van der Waals surface area contributed by atoms with E-state index in [2.05, 4.69) is 30.8 Å². The summed E-state index contributed by atoms with van der Waals surface area (Å²) < 4.78 is 0. The lowest BCUT2D eigenvalue weighted by molar-refractivity contribution is 0.267. The lowest BCUT2D eigenvalue weighted by atomic mass is 10.2. The quantitative estimate of drug-likeness (QED) is 0.548. The zero-order chi connectivity index (χ0) is 9.56. The molecule has 12 heavy (non-hydrogen) atoms. The van der Waals surface area contributed by atoms with Crippen LogP contribution in [0.5, 0.6) is 0 Å². The van der Waals surface area contributed by atoms with Crippen molar-refractivity contribution in [3.63, 3.8) is 0 Å². The topological polar surface area (TPSA) is 6.48 Å². The number of hydrogen-bond donors (Lipinski definition) is 0. The Morgan fingerprint density at radius 2 is 1.58 bits per heavy atom. The minimum atomic E-state index is 0.768. The molecular weight excluding hydrogens is 148 g/mol. The molecule has 0 aromatic heterocycles. The first-order chi connectivity index (χ1) is 5.70. The monoisotopic (exact) mass is 172 g/mol. The van der Waals surface area contributed by atoms with Crippen LogP contribution in [0, 0.1) is 0 Å². The average Bonchev–Trinajstić information content (AvgIpc) is 2.24. The Morgan fingerprint density at radius 1 is 1.00 bits per heavy atom. The zero-order valence-electron chi connectivity index (χ0n) is 9.30. The Kier molecular flexibility index (Phi) is 6.39. The van der Waals surface area contributed by atoms with Crippen LogP contribution in [0.25, 0.3) is 0 Å². The molecule has 0 aliphatic carbocycles. The van der Waals surface area contributed by atoms with Gasteiger partial charge >= 0.3 is 0 Å². The van der Waals surface area contributed by atoms with Gasteiger partial charge in [0.2, 0.25) is 0 Å². The van der Waals surface area contributed by atoms with Crippen LogP contribution >= 0.6 is 0 Å². The summed E-state index contributed by atoms with van der Waals surface area (Å²) in [7, 11) is 4.41. The normalized spacial score (nSPS) is 27.2. The van der Waals surface area contributed by atoms with E-state index in [1.54, 1.807) is 0 Å². The van der Waals surface area contributed by atoms with Gasteiger partial charge in [0.15, 0.2) is 0 Å². The van der Waals surface area contributed by atoms with Crippen molar-refractivity contribution in [3.8, 4) is 0 Å². The fourth-order valence-electron chi connectivity index (χ4n) is 1.29. The van der Waals surface area contributed by atoms with Gasteiger partial charge in [0, 0.05) is 19.1 Å². The smallest absolute Gasteiger partial charge is 0.0109 e. The summed E-state index contributed by atoms with van der Waals surface area (Å²) in [5.74, 6) is 0. The van der Waals surface area contributed by atoms with Crippen LogP contribution in [0.3, 0.4) is 0 Å². The number of likely N-dealkylation sites (N-methyl/N-ethyl adjacent to an activating group) is 2. The molecule has 0 aromatic carbocycles. The van der Waals surface area contributed by atoms with E-state index in [1.807, 2.05) is 13.8 Å². The molecule has 0 bridgehead atoms. The van der Waals surface area contributed by atoms with Crippen molar-refractivity contribution in [2.75, 3.05) is 33.7 Å². The Morgan fingerprint density at radius 3 is 2.17 bits per heavy atom. The van der Waals surface area contributed by atoms with E-state index in [4.69, 9.17) is 0 Å². The van der Waals surface area contributed by atoms with Crippen LogP contribution in [0.2, 0.25) is 0 Å². The Balaban J connectivity index is 0.000000561. The predicted octanol–water partition coefficient (Wildman–Crippen LogP) is 1.67.